The second-order valence-electron chi connectivity index (χ2n) is 6.45. The van der Waals surface area contributed by atoms with E-state index in [9.17, 15) is 0 Å². The van der Waals surface area contributed by atoms with Gasteiger partial charge in [0.05, 0.1) is 11.8 Å². The van der Waals surface area contributed by atoms with E-state index >= 15 is 0 Å². The van der Waals surface area contributed by atoms with Crippen LogP contribution in [0.3, 0.4) is 0 Å². The van der Waals surface area contributed by atoms with Gasteiger partial charge in [0.15, 0.2) is 0 Å². The van der Waals surface area contributed by atoms with Crippen LogP contribution < -0.4 is 0 Å². The number of likely N-dealkylation sites (N-methyl/N-ethyl adjacent to an activating group) is 1. The first-order valence-electron chi connectivity index (χ1n) is 8.24. The molecule has 1 aliphatic heterocycles. The lowest BCUT2D eigenvalue weighted by molar-refractivity contribution is -0.0838. The molecule has 3 heterocycles. The summed E-state index contributed by atoms with van der Waals surface area (Å²) >= 11 is 0. The van der Waals surface area contributed by atoms with Gasteiger partial charge in [-0.1, -0.05) is 5.16 Å². The second-order valence-corrected chi connectivity index (χ2v) is 6.45. The number of nitrogens with zero attached hydrogens (tertiary/aromatic N) is 6. The Hall–Kier alpha value is -2.58. The van der Waals surface area contributed by atoms with E-state index in [0.29, 0.717) is 11.7 Å². The van der Waals surface area contributed by atoms with Crippen molar-refractivity contribution in [3.8, 4) is 17.1 Å². The van der Waals surface area contributed by atoms with E-state index in [1.165, 1.54) is 6.33 Å². The molecule has 1 aliphatic rings. The molecule has 1 saturated heterocycles. The highest BCUT2D eigenvalue weighted by Gasteiger charge is 2.28. The molecule has 0 N–H and O–H groups in total. The van der Waals surface area contributed by atoms with Crippen molar-refractivity contribution in [1.29, 1.82) is 0 Å². The van der Waals surface area contributed by atoms with Gasteiger partial charge in [0.25, 0.3) is 5.89 Å². The van der Waals surface area contributed by atoms with Crippen LogP contribution in [0, 0.1) is 6.92 Å². The molecule has 0 aliphatic carbocycles. The van der Waals surface area contributed by atoms with E-state index in [1.54, 1.807) is 11.0 Å². The first-order valence-corrected chi connectivity index (χ1v) is 8.24. The van der Waals surface area contributed by atoms with Gasteiger partial charge in [0.1, 0.15) is 18.8 Å². The number of aryl methyl sites for hydroxylation is 1. The number of aromatic nitrogens is 5. The van der Waals surface area contributed by atoms with Gasteiger partial charge in [-0.3, -0.25) is 0 Å². The summed E-state index contributed by atoms with van der Waals surface area (Å²) in [5.74, 6) is 1.08. The molecule has 2 atom stereocenters. The van der Waals surface area contributed by atoms with Gasteiger partial charge < -0.3 is 14.2 Å². The quantitative estimate of drug-likeness (QED) is 0.721. The molecule has 4 rings (SSSR count). The fourth-order valence-electron chi connectivity index (χ4n) is 3.17. The molecule has 3 aromatic rings. The molecule has 25 heavy (non-hydrogen) atoms. The maximum Gasteiger partial charge on any atom is 0.257 e. The lowest BCUT2D eigenvalue weighted by atomic mass is 10.1. The van der Waals surface area contributed by atoms with Crippen molar-refractivity contribution in [1.82, 2.24) is 29.8 Å². The molecule has 0 unspecified atom stereocenters. The number of benzene rings is 1. The maximum atomic E-state index is 5.93. The number of morpholine rings is 1. The predicted octanol–water partition coefficient (Wildman–Crippen LogP) is 2.02. The summed E-state index contributed by atoms with van der Waals surface area (Å²) in [6.07, 6.45) is 3.14. The van der Waals surface area contributed by atoms with E-state index in [4.69, 9.17) is 9.26 Å². The molecule has 8 heteroatoms. The average Bonchev–Trinajstić information content (AvgIpc) is 3.26. The van der Waals surface area contributed by atoms with Gasteiger partial charge in [-0.05, 0) is 44.7 Å². The summed E-state index contributed by atoms with van der Waals surface area (Å²) in [6.45, 7) is 5.71. The van der Waals surface area contributed by atoms with Crippen molar-refractivity contribution in [2.24, 2.45) is 0 Å². The van der Waals surface area contributed by atoms with Gasteiger partial charge in [0.2, 0.25) is 5.82 Å². The molecule has 0 radical (unpaired) electrons. The SMILES string of the molecule is Cc1cc(-c2noc([C@H]3CN(C)C[C@@H](C)O3)n2)ccc1-n1cncn1. The van der Waals surface area contributed by atoms with Crippen LogP contribution in [0.5, 0.6) is 0 Å². The van der Waals surface area contributed by atoms with Crippen LogP contribution in [0.15, 0.2) is 35.4 Å². The van der Waals surface area contributed by atoms with Crippen molar-refractivity contribution in [3.63, 3.8) is 0 Å². The van der Waals surface area contributed by atoms with Crippen molar-refractivity contribution in [2.45, 2.75) is 26.1 Å². The number of ether oxygens (including phenoxy) is 1. The largest absolute Gasteiger partial charge is 0.363 e. The van der Waals surface area contributed by atoms with Crippen molar-refractivity contribution >= 4 is 0 Å². The first kappa shape index (κ1) is 15.9. The highest BCUT2D eigenvalue weighted by molar-refractivity contribution is 5.59. The number of hydrogen-bond donors (Lipinski definition) is 0. The van der Waals surface area contributed by atoms with E-state index in [1.807, 2.05) is 32.0 Å². The zero-order valence-corrected chi connectivity index (χ0v) is 14.5. The third kappa shape index (κ3) is 3.18. The normalized spacial score (nSPS) is 21.6. The van der Waals surface area contributed by atoms with Crippen LogP contribution in [-0.2, 0) is 4.74 Å². The third-order valence-electron chi connectivity index (χ3n) is 4.28. The Kier molecular flexibility index (Phi) is 4.06. The Balaban J connectivity index is 1.59. The van der Waals surface area contributed by atoms with Crippen LogP contribution >= 0.6 is 0 Å². The molecular weight excluding hydrogens is 320 g/mol. The first-order chi connectivity index (χ1) is 12.1. The van der Waals surface area contributed by atoms with E-state index in [-0.39, 0.29) is 12.2 Å². The summed E-state index contributed by atoms with van der Waals surface area (Å²) in [7, 11) is 2.07. The minimum Gasteiger partial charge on any atom is -0.363 e. The van der Waals surface area contributed by atoms with Crippen LogP contribution in [0.1, 0.15) is 24.5 Å². The van der Waals surface area contributed by atoms with Gasteiger partial charge in [-0.25, -0.2) is 9.67 Å². The number of rotatable bonds is 3. The molecule has 0 spiro atoms. The zero-order valence-electron chi connectivity index (χ0n) is 14.5. The molecule has 8 nitrogen and oxygen atoms in total. The second kappa shape index (κ2) is 6.38. The third-order valence-corrected chi connectivity index (χ3v) is 4.28. The van der Waals surface area contributed by atoms with Crippen molar-refractivity contribution in [3.05, 3.63) is 42.3 Å². The fraction of sp³-hybridized carbons (Fsp3) is 0.412. The summed E-state index contributed by atoms with van der Waals surface area (Å²) in [5.41, 5.74) is 2.92. The highest BCUT2D eigenvalue weighted by Crippen LogP contribution is 2.26. The lowest BCUT2D eigenvalue weighted by Gasteiger charge is -2.32. The maximum absolute atomic E-state index is 5.93. The van der Waals surface area contributed by atoms with Crippen molar-refractivity contribution in [2.75, 3.05) is 20.1 Å². The zero-order chi connectivity index (χ0) is 17.4. The molecule has 0 bridgehead atoms. The Morgan fingerprint density at radius 2 is 2.12 bits per heavy atom. The Morgan fingerprint density at radius 1 is 1.24 bits per heavy atom. The predicted molar refractivity (Wildman–Crippen MR) is 90.2 cm³/mol. The molecule has 1 aromatic carbocycles. The van der Waals surface area contributed by atoms with Crippen LogP contribution in [-0.4, -0.2) is 56.0 Å². The van der Waals surface area contributed by atoms with Crippen molar-refractivity contribution < 1.29 is 9.26 Å². The van der Waals surface area contributed by atoms with Crippen LogP contribution in [0.25, 0.3) is 17.1 Å². The smallest absolute Gasteiger partial charge is 0.257 e. The van der Waals surface area contributed by atoms with Crippen LogP contribution in [0.4, 0.5) is 0 Å². The van der Waals surface area contributed by atoms with E-state index in [0.717, 1.165) is 29.9 Å². The van der Waals surface area contributed by atoms with Crippen LogP contribution in [0.2, 0.25) is 0 Å². The molecule has 1 fully saturated rings. The highest BCUT2D eigenvalue weighted by atomic mass is 16.5. The minimum atomic E-state index is -0.189. The average molecular weight is 340 g/mol. The van der Waals surface area contributed by atoms with E-state index < -0.39 is 0 Å². The van der Waals surface area contributed by atoms with Gasteiger partial charge in [0, 0.05) is 18.7 Å². The summed E-state index contributed by atoms with van der Waals surface area (Å²) < 4.78 is 13.1. The summed E-state index contributed by atoms with van der Waals surface area (Å²) in [5, 5.41) is 8.29. The molecule has 0 amide bonds. The lowest BCUT2D eigenvalue weighted by Crippen LogP contribution is -2.40. The minimum absolute atomic E-state index is 0.142. The molecule has 130 valence electrons. The van der Waals surface area contributed by atoms with Gasteiger partial charge in [-0.15, -0.1) is 0 Å². The van der Waals surface area contributed by atoms with Gasteiger partial charge in [-0.2, -0.15) is 10.1 Å². The Bertz CT molecular complexity index is 850. The molecule has 2 aromatic heterocycles. The Morgan fingerprint density at radius 3 is 2.84 bits per heavy atom. The fourth-order valence-corrected chi connectivity index (χ4v) is 3.17. The monoisotopic (exact) mass is 340 g/mol. The standard InChI is InChI=1S/C17H20N6O2/c1-11-6-13(4-5-14(11)23-10-18-9-19-23)16-20-17(25-21-16)15-8-22(3)7-12(2)24-15/h4-6,9-10,12,15H,7-8H2,1-3H3/t12-,15-/m1/s1. The summed E-state index contributed by atoms with van der Waals surface area (Å²) in [4.78, 5) is 10.7. The van der Waals surface area contributed by atoms with Gasteiger partial charge >= 0.3 is 0 Å². The Labute approximate surface area is 145 Å². The van der Waals surface area contributed by atoms with E-state index in [2.05, 4.69) is 32.2 Å². The molecule has 0 saturated carbocycles. The topological polar surface area (TPSA) is 82.1 Å². The summed E-state index contributed by atoms with van der Waals surface area (Å²) in [6, 6.07) is 5.94. The molecular formula is C17H20N6O2. The number of hydrogen-bond acceptors (Lipinski definition) is 7.